The number of aliphatic imine (C=N–C) groups is 1. The summed E-state index contributed by atoms with van der Waals surface area (Å²) in [5.41, 5.74) is 7.53. The summed E-state index contributed by atoms with van der Waals surface area (Å²) in [6.45, 7) is 5.37. The van der Waals surface area contributed by atoms with Crippen LogP contribution in [0.3, 0.4) is 0 Å². The van der Waals surface area contributed by atoms with Gasteiger partial charge in [-0.3, -0.25) is 4.99 Å². The van der Waals surface area contributed by atoms with E-state index in [1.165, 1.54) is 18.4 Å². The summed E-state index contributed by atoms with van der Waals surface area (Å²) in [7, 11) is 0. The largest absolute Gasteiger partial charge is 0.370 e. The molecule has 0 saturated heterocycles. The zero-order valence-electron chi connectivity index (χ0n) is 11.8. The van der Waals surface area contributed by atoms with Crippen LogP contribution in [0.4, 0.5) is 0 Å². The van der Waals surface area contributed by atoms with E-state index in [2.05, 4.69) is 54.1 Å². The molecular formula is C16H23N3. The van der Waals surface area contributed by atoms with Crippen LogP contribution in [0.2, 0.25) is 0 Å². The van der Waals surface area contributed by atoms with Gasteiger partial charge in [0, 0.05) is 6.04 Å². The fourth-order valence-electron chi connectivity index (χ4n) is 3.39. The molecule has 1 heterocycles. The summed E-state index contributed by atoms with van der Waals surface area (Å²) < 4.78 is 0. The molecular weight excluding hydrogens is 234 g/mol. The molecule has 102 valence electrons. The third-order valence-corrected chi connectivity index (χ3v) is 4.18. The lowest BCUT2D eigenvalue weighted by Gasteiger charge is -2.41. The molecule has 1 saturated carbocycles. The van der Waals surface area contributed by atoms with Crippen LogP contribution in [-0.2, 0) is 5.54 Å². The predicted molar refractivity (Wildman–Crippen MR) is 78.9 cm³/mol. The van der Waals surface area contributed by atoms with Crippen LogP contribution in [0.1, 0.15) is 38.7 Å². The number of rotatable bonds is 4. The first-order valence-corrected chi connectivity index (χ1v) is 7.28. The van der Waals surface area contributed by atoms with Gasteiger partial charge in [-0.2, -0.15) is 0 Å². The van der Waals surface area contributed by atoms with Crippen LogP contribution in [0.25, 0.3) is 0 Å². The van der Waals surface area contributed by atoms with Crippen molar-refractivity contribution in [3.8, 4) is 0 Å². The van der Waals surface area contributed by atoms with Crippen LogP contribution in [0, 0.1) is 5.92 Å². The van der Waals surface area contributed by atoms with Gasteiger partial charge >= 0.3 is 0 Å². The lowest BCUT2D eigenvalue weighted by Crippen LogP contribution is -2.51. The van der Waals surface area contributed by atoms with E-state index in [0.717, 1.165) is 18.9 Å². The summed E-state index contributed by atoms with van der Waals surface area (Å²) in [5, 5.41) is 0. The molecule has 3 nitrogen and oxygen atoms in total. The van der Waals surface area contributed by atoms with E-state index in [4.69, 9.17) is 5.73 Å². The van der Waals surface area contributed by atoms with Gasteiger partial charge < -0.3 is 10.6 Å². The Balaban J connectivity index is 2.02. The van der Waals surface area contributed by atoms with Crippen molar-refractivity contribution in [3.63, 3.8) is 0 Å². The van der Waals surface area contributed by atoms with Gasteiger partial charge in [-0.05, 0) is 30.7 Å². The Bertz CT molecular complexity index is 476. The standard InChI is InChI=1S/C16H23N3/c1-12(2)10-16(13-6-4-3-5-7-13)11-18-15(17)19(16)14-8-9-14/h3-7,12,14H,8-11H2,1-2H3,(H2,17,18). The monoisotopic (exact) mass is 257 g/mol. The molecule has 0 radical (unpaired) electrons. The second kappa shape index (κ2) is 4.55. The van der Waals surface area contributed by atoms with Gasteiger partial charge in [-0.25, -0.2) is 0 Å². The number of nitrogens with zero attached hydrogens (tertiary/aromatic N) is 2. The SMILES string of the molecule is CC(C)CC1(c2ccccc2)CN=C(N)N1C1CC1. The third-order valence-electron chi connectivity index (χ3n) is 4.18. The number of benzene rings is 1. The summed E-state index contributed by atoms with van der Waals surface area (Å²) in [4.78, 5) is 6.99. The Morgan fingerprint density at radius 1 is 1.32 bits per heavy atom. The predicted octanol–water partition coefficient (Wildman–Crippen LogP) is 2.72. The molecule has 1 aromatic carbocycles. The number of hydrogen-bond donors (Lipinski definition) is 1. The summed E-state index contributed by atoms with van der Waals surface area (Å²) in [5.74, 6) is 1.37. The quantitative estimate of drug-likeness (QED) is 0.901. The van der Waals surface area contributed by atoms with Crippen LogP contribution in [-0.4, -0.2) is 23.4 Å². The van der Waals surface area contributed by atoms with Gasteiger partial charge in [0.25, 0.3) is 0 Å². The molecule has 1 aromatic rings. The second-order valence-electron chi connectivity index (χ2n) is 6.27. The minimum absolute atomic E-state index is 0.0132. The van der Waals surface area contributed by atoms with Gasteiger partial charge in [0.15, 0.2) is 5.96 Å². The van der Waals surface area contributed by atoms with Crippen molar-refractivity contribution in [2.45, 2.75) is 44.7 Å². The number of nitrogens with two attached hydrogens (primary N) is 1. The molecule has 0 amide bonds. The summed E-state index contributed by atoms with van der Waals surface area (Å²) >= 11 is 0. The zero-order valence-corrected chi connectivity index (χ0v) is 11.8. The molecule has 1 atom stereocenters. The molecule has 0 bridgehead atoms. The molecule has 1 fully saturated rings. The molecule has 3 rings (SSSR count). The molecule has 0 aromatic heterocycles. The van der Waals surface area contributed by atoms with Crippen molar-refractivity contribution < 1.29 is 0 Å². The van der Waals surface area contributed by atoms with Gasteiger partial charge in [0.1, 0.15) is 0 Å². The maximum Gasteiger partial charge on any atom is 0.192 e. The minimum Gasteiger partial charge on any atom is -0.370 e. The average Bonchev–Trinajstić information content (AvgIpc) is 3.16. The summed E-state index contributed by atoms with van der Waals surface area (Å²) in [6.07, 6.45) is 3.61. The van der Waals surface area contributed by atoms with E-state index in [-0.39, 0.29) is 5.54 Å². The van der Waals surface area contributed by atoms with Crippen LogP contribution in [0.5, 0.6) is 0 Å². The van der Waals surface area contributed by atoms with Crippen molar-refractivity contribution in [2.75, 3.05) is 6.54 Å². The Morgan fingerprint density at radius 2 is 2.00 bits per heavy atom. The van der Waals surface area contributed by atoms with Gasteiger partial charge in [-0.1, -0.05) is 44.2 Å². The van der Waals surface area contributed by atoms with E-state index >= 15 is 0 Å². The lowest BCUT2D eigenvalue weighted by atomic mass is 9.81. The van der Waals surface area contributed by atoms with Crippen LogP contribution < -0.4 is 5.73 Å². The maximum atomic E-state index is 6.18. The van der Waals surface area contributed by atoms with Gasteiger partial charge in [-0.15, -0.1) is 0 Å². The van der Waals surface area contributed by atoms with Crippen molar-refractivity contribution in [1.29, 1.82) is 0 Å². The molecule has 2 N–H and O–H groups in total. The average molecular weight is 257 g/mol. The highest BCUT2D eigenvalue weighted by Gasteiger charge is 2.49. The highest BCUT2D eigenvalue weighted by molar-refractivity contribution is 5.82. The Morgan fingerprint density at radius 3 is 2.58 bits per heavy atom. The first-order chi connectivity index (χ1) is 9.13. The highest BCUT2D eigenvalue weighted by atomic mass is 15.4. The molecule has 3 heteroatoms. The van der Waals surface area contributed by atoms with E-state index < -0.39 is 0 Å². The first kappa shape index (κ1) is 12.5. The second-order valence-corrected chi connectivity index (χ2v) is 6.27. The van der Waals surface area contributed by atoms with Gasteiger partial charge in [0.05, 0.1) is 12.1 Å². The van der Waals surface area contributed by atoms with Crippen molar-refractivity contribution in [2.24, 2.45) is 16.6 Å². The number of guanidine groups is 1. The van der Waals surface area contributed by atoms with E-state index in [1.807, 2.05) is 0 Å². The van der Waals surface area contributed by atoms with Crippen molar-refractivity contribution >= 4 is 5.96 Å². The zero-order chi connectivity index (χ0) is 13.5. The first-order valence-electron chi connectivity index (χ1n) is 7.28. The Labute approximate surface area is 115 Å². The third kappa shape index (κ3) is 2.11. The highest BCUT2D eigenvalue weighted by Crippen LogP contribution is 2.44. The smallest absolute Gasteiger partial charge is 0.192 e. The fraction of sp³-hybridized carbons (Fsp3) is 0.562. The minimum atomic E-state index is -0.0132. The van der Waals surface area contributed by atoms with E-state index in [1.54, 1.807) is 0 Å². The molecule has 1 unspecified atom stereocenters. The normalized spacial score (nSPS) is 26.9. The van der Waals surface area contributed by atoms with Crippen molar-refractivity contribution in [3.05, 3.63) is 35.9 Å². The van der Waals surface area contributed by atoms with Crippen molar-refractivity contribution in [1.82, 2.24) is 4.90 Å². The molecule has 1 aliphatic heterocycles. The molecule has 2 aliphatic rings. The fourth-order valence-corrected chi connectivity index (χ4v) is 3.39. The lowest BCUT2D eigenvalue weighted by molar-refractivity contribution is 0.158. The maximum absolute atomic E-state index is 6.18. The van der Waals surface area contributed by atoms with Gasteiger partial charge in [0.2, 0.25) is 0 Å². The van der Waals surface area contributed by atoms with Crippen LogP contribution >= 0.6 is 0 Å². The molecule has 19 heavy (non-hydrogen) atoms. The number of hydrogen-bond acceptors (Lipinski definition) is 3. The Hall–Kier alpha value is -1.51. The van der Waals surface area contributed by atoms with E-state index in [9.17, 15) is 0 Å². The topological polar surface area (TPSA) is 41.6 Å². The Kier molecular flexibility index (Phi) is 3.00. The van der Waals surface area contributed by atoms with E-state index in [0.29, 0.717) is 12.0 Å². The van der Waals surface area contributed by atoms with Crippen LogP contribution in [0.15, 0.2) is 35.3 Å². The molecule has 1 aliphatic carbocycles. The molecule has 0 spiro atoms. The summed E-state index contributed by atoms with van der Waals surface area (Å²) in [6, 6.07) is 11.4.